The summed E-state index contributed by atoms with van der Waals surface area (Å²) in [5.41, 5.74) is 2.22. The molecular formula is C24H28F2. The van der Waals surface area contributed by atoms with Gasteiger partial charge in [0.1, 0.15) is 11.6 Å². The van der Waals surface area contributed by atoms with Gasteiger partial charge in [0.2, 0.25) is 0 Å². The van der Waals surface area contributed by atoms with Gasteiger partial charge in [0.05, 0.1) is 0 Å². The van der Waals surface area contributed by atoms with Crippen LogP contribution in [0.1, 0.15) is 63.4 Å². The lowest BCUT2D eigenvalue weighted by atomic mass is 9.63. The molecule has 0 amide bonds. The Morgan fingerprint density at radius 1 is 0.885 bits per heavy atom. The van der Waals surface area contributed by atoms with Crippen molar-refractivity contribution >= 4 is 0 Å². The molecule has 26 heavy (non-hydrogen) atoms. The second-order valence-corrected chi connectivity index (χ2v) is 8.37. The third-order valence-electron chi connectivity index (χ3n) is 6.90. The smallest absolute Gasteiger partial charge is 0.131 e. The summed E-state index contributed by atoms with van der Waals surface area (Å²) < 4.78 is 28.2. The Morgan fingerprint density at radius 3 is 2.46 bits per heavy atom. The third-order valence-corrected chi connectivity index (χ3v) is 6.90. The zero-order valence-electron chi connectivity index (χ0n) is 15.6. The molecule has 2 fully saturated rings. The molecule has 4 atom stereocenters. The predicted molar refractivity (Wildman–Crippen MR) is 103 cm³/mol. The molecule has 138 valence electrons. The van der Waals surface area contributed by atoms with E-state index < -0.39 is 0 Å². The van der Waals surface area contributed by atoms with Gasteiger partial charge in [0, 0.05) is 5.56 Å². The predicted octanol–water partition coefficient (Wildman–Crippen LogP) is 7.34. The zero-order chi connectivity index (χ0) is 18.1. The van der Waals surface area contributed by atoms with Crippen LogP contribution in [-0.4, -0.2) is 0 Å². The van der Waals surface area contributed by atoms with Gasteiger partial charge in [-0.15, -0.1) is 0 Å². The van der Waals surface area contributed by atoms with Gasteiger partial charge in [-0.05, 0) is 85.1 Å². The van der Waals surface area contributed by atoms with Gasteiger partial charge in [-0.2, -0.15) is 0 Å². The molecule has 0 saturated heterocycles. The Labute approximate surface area is 155 Å². The molecule has 0 spiro atoms. The normalized spacial score (nSPS) is 28.6. The van der Waals surface area contributed by atoms with Crippen LogP contribution in [0.2, 0.25) is 0 Å². The molecule has 4 rings (SSSR count). The first-order chi connectivity index (χ1) is 12.6. The summed E-state index contributed by atoms with van der Waals surface area (Å²) in [4.78, 5) is 0. The van der Waals surface area contributed by atoms with Crippen molar-refractivity contribution in [3.63, 3.8) is 0 Å². The first-order valence-electron chi connectivity index (χ1n) is 10.2. The van der Waals surface area contributed by atoms with Crippen LogP contribution in [0.25, 0.3) is 11.1 Å². The SMILES string of the molecule is CCC1CC[C@@H]2C[C@H](c3ccc(-c4cccc(F)c4)c(F)c3)CC[C@@H]2C1. The van der Waals surface area contributed by atoms with E-state index in [-0.39, 0.29) is 11.6 Å². The fraction of sp³-hybridized carbons (Fsp3) is 0.500. The molecular weight excluding hydrogens is 326 g/mol. The van der Waals surface area contributed by atoms with Crippen molar-refractivity contribution in [1.29, 1.82) is 0 Å². The molecule has 2 aromatic rings. The van der Waals surface area contributed by atoms with Crippen LogP contribution in [0.5, 0.6) is 0 Å². The molecule has 0 aromatic heterocycles. The molecule has 0 aliphatic heterocycles. The molecule has 0 radical (unpaired) electrons. The van der Waals surface area contributed by atoms with E-state index >= 15 is 0 Å². The Bertz CT molecular complexity index is 767. The summed E-state index contributed by atoms with van der Waals surface area (Å²) in [6.07, 6.45) is 9.12. The highest BCUT2D eigenvalue weighted by Gasteiger charge is 2.35. The Kier molecular flexibility index (Phi) is 5.11. The standard InChI is InChI=1S/C24H28F2/c1-2-16-6-7-18-13-19(9-8-17(18)12-16)20-10-11-23(24(26)15-20)21-4-3-5-22(25)14-21/h3-5,10-11,14-19H,2,6-9,12-13H2,1H3/t16?,17-,18-,19-/m1/s1. The van der Waals surface area contributed by atoms with E-state index in [0.717, 1.165) is 23.3 Å². The van der Waals surface area contributed by atoms with E-state index in [1.54, 1.807) is 18.2 Å². The molecule has 1 unspecified atom stereocenters. The van der Waals surface area contributed by atoms with E-state index in [1.807, 2.05) is 6.07 Å². The van der Waals surface area contributed by atoms with Gasteiger partial charge >= 0.3 is 0 Å². The Balaban J connectivity index is 1.50. The summed E-state index contributed by atoms with van der Waals surface area (Å²) >= 11 is 0. The molecule has 2 saturated carbocycles. The number of halogens is 2. The van der Waals surface area contributed by atoms with E-state index in [0.29, 0.717) is 17.0 Å². The number of benzene rings is 2. The fourth-order valence-corrected chi connectivity index (χ4v) is 5.34. The number of hydrogen-bond donors (Lipinski definition) is 0. The average molecular weight is 354 g/mol. The fourth-order valence-electron chi connectivity index (χ4n) is 5.34. The third kappa shape index (κ3) is 3.56. The van der Waals surface area contributed by atoms with Crippen LogP contribution in [0.4, 0.5) is 8.78 Å². The zero-order valence-corrected chi connectivity index (χ0v) is 15.6. The van der Waals surface area contributed by atoms with Crippen molar-refractivity contribution in [3.05, 3.63) is 59.7 Å². The summed E-state index contributed by atoms with van der Waals surface area (Å²) in [7, 11) is 0. The Morgan fingerprint density at radius 2 is 1.69 bits per heavy atom. The second-order valence-electron chi connectivity index (χ2n) is 8.37. The Hall–Kier alpha value is -1.70. The van der Waals surface area contributed by atoms with Gasteiger partial charge in [-0.1, -0.05) is 44.0 Å². The first kappa shape index (κ1) is 17.7. The van der Waals surface area contributed by atoms with Crippen molar-refractivity contribution in [2.45, 2.75) is 57.8 Å². The van der Waals surface area contributed by atoms with Crippen molar-refractivity contribution in [3.8, 4) is 11.1 Å². The van der Waals surface area contributed by atoms with Gasteiger partial charge in [0.25, 0.3) is 0 Å². The van der Waals surface area contributed by atoms with Crippen molar-refractivity contribution in [1.82, 2.24) is 0 Å². The summed E-state index contributed by atoms with van der Waals surface area (Å²) in [5.74, 6) is 2.56. The van der Waals surface area contributed by atoms with Crippen LogP contribution >= 0.6 is 0 Å². The quantitative estimate of drug-likeness (QED) is 0.541. The van der Waals surface area contributed by atoms with Crippen molar-refractivity contribution in [2.75, 3.05) is 0 Å². The number of fused-ring (bicyclic) bond motifs is 1. The minimum atomic E-state index is -0.327. The average Bonchev–Trinajstić information content (AvgIpc) is 2.67. The molecule has 2 aromatic carbocycles. The highest BCUT2D eigenvalue weighted by Crippen LogP contribution is 2.48. The van der Waals surface area contributed by atoms with Gasteiger partial charge in [-0.25, -0.2) is 8.78 Å². The van der Waals surface area contributed by atoms with E-state index in [2.05, 4.69) is 13.0 Å². The first-order valence-corrected chi connectivity index (χ1v) is 10.2. The van der Waals surface area contributed by atoms with Crippen LogP contribution in [-0.2, 0) is 0 Å². The molecule has 2 aliphatic carbocycles. The second kappa shape index (κ2) is 7.50. The van der Waals surface area contributed by atoms with E-state index in [4.69, 9.17) is 0 Å². The maximum absolute atomic E-state index is 14.7. The monoisotopic (exact) mass is 354 g/mol. The molecule has 2 aliphatic rings. The molecule has 0 nitrogen and oxygen atoms in total. The highest BCUT2D eigenvalue weighted by atomic mass is 19.1. The topological polar surface area (TPSA) is 0 Å². The molecule has 0 N–H and O–H groups in total. The van der Waals surface area contributed by atoms with E-state index in [1.165, 1.54) is 57.1 Å². The van der Waals surface area contributed by atoms with Crippen LogP contribution in [0.3, 0.4) is 0 Å². The minimum absolute atomic E-state index is 0.232. The maximum atomic E-state index is 14.7. The minimum Gasteiger partial charge on any atom is -0.207 e. The number of hydrogen-bond acceptors (Lipinski definition) is 0. The summed E-state index contributed by atoms with van der Waals surface area (Å²) in [5, 5.41) is 0. The molecule has 2 heteroatoms. The van der Waals surface area contributed by atoms with Gasteiger partial charge in [-0.3, -0.25) is 0 Å². The largest absolute Gasteiger partial charge is 0.207 e. The van der Waals surface area contributed by atoms with Gasteiger partial charge < -0.3 is 0 Å². The summed E-state index contributed by atoms with van der Waals surface area (Å²) in [6.45, 7) is 2.32. The van der Waals surface area contributed by atoms with Crippen molar-refractivity contribution in [2.24, 2.45) is 17.8 Å². The lowest BCUT2D eigenvalue weighted by molar-refractivity contribution is 0.116. The van der Waals surface area contributed by atoms with Crippen molar-refractivity contribution < 1.29 is 8.78 Å². The van der Waals surface area contributed by atoms with Crippen LogP contribution in [0.15, 0.2) is 42.5 Å². The molecule has 0 bridgehead atoms. The lowest BCUT2D eigenvalue weighted by Gasteiger charge is -2.42. The van der Waals surface area contributed by atoms with Crippen LogP contribution in [0, 0.1) is 29.4 Å². The van der Waals surface area contributed by atoms with Gasteiger partial charge in [0.15, 0.2) is 0 Å². The van der Waals surface area contributed by atoms with Crippen LogP contribution < -0.4 is 0 Å². The maximum Gasteiger partial charge on any atom is 0.131 e. The summed E-state index contributed by atoms with van der Waals surface area (Å²) in [6, 6.07) is 11.8. The lowest BCUT2D eigenvalue weighted by Crippen LogP contribution is -2.30. The highest BCUT2D eigenvalue weighted by molar-refractivity contribution is 5.64. The molecule has 0 heterocycles. The van der Waals surface area contributed by atoms with E-state index in [9.17, 15) is 8.78 Å². The number of rotatable bonds is 3.